The Morgan fingerprint density at radius 2 is 2.03 bits per heavy atom. The molecule has 1 aromatic carbocycles. The van der Waals surface area contributed by atoms with Crippen LogP contribution in [0.1, 0.15) is 58.4 Å². The van der Waals surface area contributed by atoms with E-state index in [1.165, 1.54) is 0 Å². The van der Waals surface area contributed by atoms with Crippen LogP contribution in [0.25, 0.3) is 0 Å². The highest BCUT2D eigenvalue weighted by molar-refractivity contribution is 6.30. The van der Waals surface area contributed by atoms with Gasteiger partial charge in [-0.3, -0.25) is 4.79 Å². The van der Waals surface area contributed by atoms with Crippen LogP contribution < -0.4 is 10.2 Å². The number of aromatic nitrogens is 1. The number of anilines is 3. The van der Waals surface area contributed by atoms with E-state index in [1.54, 1.807) is 31.3 Å². The molecule has 0 bridgehead atoms. The minimum Gasteiger partial charge on any atom is -0.466 e. The molecular formula is C26H35ClFN3O3. The second-order valence-corrected chi connectivity index (χ2v) is 9.62. The lowest BCUT2D eigenvalue weighted by Gasteiger charge is -2.38. The van der Waals surface area contributed by atoms with Crippen LogP contribution in [0.4, 0.5) is 21.6 Å². The molecule has 2 aromatic rings. The smallest absolute Gasteiger partial charge is 0.306 e. The quantitative estimate of drug-likeness (QED) is 0.392. The Bertz CT molecular complexity index is 949. The topological polar surface area (TPSA) is 63.7 Å². The van der Waals surface area contributed by atoms with Gasteiger partial charge in [-0.25, -0.2) is 9.37 Å². The molecule has 1 fully saturated rings. The summed E-state index contributed by atoms with van der Waals surface area (Å²) in [5, 5.41) is 3.83. The van der Waals surface area contributed by atoms with Gasteiger partial charge in [-0.2, -0.15) is 0 Å². The van der Waals surface area contributed by atoms with Gasteiger partial charge >= 0.3 is 5.97 Å². The van der Waals surface area contributed by atoms with Gasteiger partial charge in [-0.15, -0.1) is 0 Å². The Balaban J connectivity index is 2.04. The van der Waals surface area contributed by atoms with E-state index in [0.717, 1.165) is 18.4 Å². The van der Waals surface area contributed by atoms with Crippen molar-refractivity contribution < 1.29 is 18.7 Å². The van der Waals surface area contributed by atoms with Gasteiger partial charge in [0.1, 0.15) is 11.6 Å². The van der Waals surface area contributed by atoms with Crippen LogP contribution in [-0.2, 0) is 14.3 Å². The van der Waals surface area contributed by atoms with E-state index in [2.05, 4.69) is 29.0 Å². The number of esters is 1. The van der Waals surface area contributed by atoms with Gasteiger partial charge in [0.05, 0.1) is 29.4 Å². The van der Waals surface area contributed by atoms with Crippen LogP contribution in [0.15, 0.2) is 30.5 Å². The zero-order valence-electron chi connectivity index (χ0n) is 20.4. The van der Waals surface area contributed by atoms with Crippen LogP contribution in [0.5, 0.6) is 0 Å². The molecule has 0 saturated carbocycles. The molecule has 1 N–H and O–H groups in total. The largest absolute Gasteiger partial charge is 0.466 e. The van der Waals surface area contributed by atoms with Crippen LogP contribution >= 0.6 is 11.6 Å². The number of ether oxygens (including phenoxy) is 2. The number of carbonyl (C=O) groups is 1. The second kappa shape index (κ2) is 12.4. The SMILES string of the molecule is CCOC(=O)C[C@@H](C)c1cc(F)c(N(CC(C)C)C2CCOCC2)c(Nc2ccc(Cl)cn2)c1. The zero-order valence-corrected chi connectivity index (χ0v) is 21.2. The number of hydrogen-bond donors (Lipinski definition) is 1. The fourth-order valence-electron chi connectivity index (χ4n) is 4.28. The maximum absolute atomic E-state index is 15.9. The third kappa shape index (κ3) is 7.06. The highest BCUT2D eigenvalue weighted by atomic mass is 35.5. The molecule has 1 saturated heterocycles. The lowest BCUT2D eigenvalue weighted by atomic mass is 9.95. The highest BCUT2D eigenvalue weighted by Crippen LogP contribution is 2.38. The minimum absolute atomic E-state index is 0.173. The van der Waals surface area contributed by atoms with E-state index in [0.29, 0.717) is 54.5 Å². The minimum atomic E-state index is -0.322. The van der Waals surface area contributed by atoms with Crippen molar-refractivity contribution in [1.82, 2.24) is 4.98 Å². The van der Waals surface area contributed by atoms with Crippen molar-refractivity contribution in [2.45, 2.75) is 58.9 Å². The summed E-state index contributed by atoms with van der Waals surface area (Å²) in [6.07, 6.45) is 3.41. The van der Waals surface area contributed by atoms with Gasteiger partial charge in [0.2, 0.25) is 0 Å². The van der Waals surface area contributed by atoms with Crippen molar-refractivity contribution in [2.24, 2.45) is 5.92 Å². The third-order valence-corrected chi connectivity index (χ3v) is 6.13. The lowest BCUT2D eigenvalue weighted by Crippen LogP contribution is -2.42. The van der Waals surface area contributed by atoms with E-state index in [-0.39, 0.29) is 30.2 Å². The number of pyridine rings is 1. The van der Waals surface area contributed by atoms with Crippen molar-refractivity contribution in [2.75, 3.05) is 36.6 Å². The standard InChI is InChI=1S/C26H35ClFN3O3/c1-5-34-25(32)12-18(4)19-13-22(28)26(23(14-19)30-24-7-6-20(27)15-29-24)31(16-17(2)3)21-8-10-33-11-9-21/h6-7,13-15,17-18,21H,5,8-12,16H2,1-4H3,(H,29,30)/t18-/m1/s1. The molecule has 0 aliphatic carbocycles. The molecule has 3 rings (SSSR count). The monoisotopic (exact) mass is 491 g/mol. The van der Waals surface area contributed by atoms with Gasteiger partial charge in [-0.1, -0.05) is 32.4 Å². The molecule has 1 atom stereocenters. The van der Waals surface area contributed by atoms with Crippen molar-refractivity contribution in [3.8, 4) is 0 Å². The lowest BCUT2D eigenvalue weighted by molar-refractivity contribution is -0.143. The molecule has 0 spiro atoms. The molecule has 0 unspecified atom stereocenters. The average molecular weight is 492 g/mol. The Labute approximate surface area is 206 Å². The fraction of sp³-hybridized carbons (Fsp3) is 0.538. The molecule has 0 amide bonds. The summed E-state index contributed by atoms with van der Waals surface area (Å²) in [7, 11) is 0. The number of benzene rings is 1. The van der Waals surface area contributed by atoms with E-state index in [1.807, 2.05) is 13.0 Å². The summed E-state index contributed by atoms with van der Waals surface area (Å²) in [6, 6.07) is 7.15. The summed E-state index contributed by atoms with van der Waals surface area (Å²) in [4.78, 5) is 18.6. The first-order valence-corrected chi connectivity index (χ1v) is 12.4. The first kappa shape index (κ1) is 26.2. The molecule has 34 heavy (non-hydrogen) atoms. The van der Waals surface area contributed by atoms with Crippen LogP contribution in [0, 0.1) is 11.7 Å². The molecule has 186 valence electrons. The highest BCUT2D eigenvalue weighted by Gasteiger charge is 2.28. The van der Waals surface area contributed by atoms with Crippen LogP contribution in [-0.4, -0.2) is 43.4 Å². The number of rotatable bonds is 10. The van der Waals surface area contributed by atoms with Gasteiger partial charge in [0, 0.05) is 32.0 Å². The van der Waals surface area contributed by atoms with Gasteiger partial charge in [0.15, 0.2) is 0 Å². The Morgan fingerprint density at radius 3 is 2.65 bits per heavy atom. The summed E-state index contributed by atoms with van der Waals surface area (Å²) < 4.78 is 26.6. The third-order valence-electron chi connectivity index (χ3n) is 5.90. The number of hydrogen-bond acceptors (Lipinski definition) is 6. The van der Waals surface area contributed by atoms with Crippen LogP contribution in [0.3, 0.4) is 0 Å². The van der Waals surface area contributed by atoms with E-state index in [4.69, 9.17) is 21.1 Å². The first-order valence-electron chi connectivity index (χ1n) is 12.0. The van der Waals surface area contributed by atoms with E-state index >= 15 is 4.39 Å². The molecule has 8 heteroatoms. The summed E-state index contributed by atoms with van der Waals surface area (Å²) in [5.74, 6) is 0.0830. The molecule has 2 heterocycles. The molecule has 0 radical (unpaired) electrons. The van der Waals surface area contributed by atoms with Gasteiger partial charge < -0.3 is 19.7 Å². The summed E-state index contributed by atoms with van der Waals surface area (Å²) >= 11 is 6.01. The number of carbonyl (C=O) groups excluding carboxylic acids is 1. The Hall–Kier alpha value is -2.38. The fourth-order valence-corrected chi connectivity index (χ4v) is 4.39. The molecule has 1 aliphatic rings. The predicted molar refractivity (Wildman–Crippen MR) is 135 cm³/mol. The summed E-state index contributed by atoms with van der Waals surface area (Å²) in [5.41, 5.74) is 1.86. The number of halogens is 2. The Morgan fingerprint density at radius 1 is 1.29 bits per heavy atom. The average Bonchev–Trinajstić information content (AvgIpc) is 2.80. The van der Waals surface area contributed by atoms with Crippen molar-refractivity contribution >= 4 is 34.8 Å². The molecule has 6 nitrogen and oxygen atoms in total. The first-order chi connectivity index (χ1) is 16.3. The van der Waals surface area contributed by atoms with Crippen molar-refractivity contribution in [1.29, 1.82) is 0 Å². The second-order valence-electron chi connectivity index (χ2n) is 9.19. The van der Waals surface area contributed by atoms with Crippen molar-refractivity contribution in [3.05, 3.63) is 46.9 Å². The predicted octanol–water partition coefficient (Wildman–Crippen LogP) is 6.32. The number of nitrogens with one attached hydrogen (secondary N) is 1. The molecule has 1 aliphatic heterocycles. The molecule has 1 aromatic heterocycles. The zero-order chi connectivity index (χ0) is 24.7. The Kier molecular flexibility index (Phi) is 9.54. The normalized spacial score (nSPS) is 15.3. The van der Waals surface area contributed by atoms with Crippen molar-refractivity contribution in [3.63, 3.8) is 0 Å². The van der Waals surface area contributed by atoms with Crippen LogP contribution in [0.2, 0.25) is 5.02 Å². The molecular weight excluding hydrogens is 457 g/mol. The maximum Gasteiger partial charge on any atom is 0.306 e. The maximum atomic E-state index is 15.9. The van der Waals surface area contributed by atoms with E-state index < -0.39 is 0 Å². The van der Waals surface area contributed by atoms with Gasteiger partial charge in [0.25, 0.3) is 0 Å². The number of nitrogens with zero attached hydrogens (tertiary/aromatic N) is 2. The summed E-state index contributed by atoms with van der Waals surface area (Å²) in [6.45, 7) is 10.3. The van der Waals surface area contributed by atoms with Gasteiger partial charge in [-0.05, 0) is 61.4 Å². The van der Waals surface area contributed by atoms with E-state index in [9.17, 15) is 4.79 Å².